The minimum atomic E-state index is -1.01. The molecule has 30 heavy (non-hydrogen) atoms. The van der Waals surface area contributed by atoms with Gasteiger partial charge in [-0.15, -0.1) is 11.8 Å². The Morgan fingerprint density at radius 1 is 1.10 bits per heavy atom. The van der Waals surface area contributed by atoms with Crippen molar-refractivity contribution in [2.24, 2.45) is 5.73 Å². The van der Waals surface area contributed by atoms with Crippen LogP contribution in [-0.4, -0.2) is 70.3 Å². The predicted octanol–water partition coefficient (Wildman–Crippen LogP) is 0.130. The molecule has 0 spiro atoms. The Morgan fingerprint density at radius 2 is 1.83 bits per heavy atom. The number of benzene rings is 1. The summed E-state index contributed by atoms with van der Waals surface area (Å²) in [6.07, 6.45) is 1.71. The van der Waals surface area contributed by atoms with Crippen molar-refractivity contribution >= 4 is 41.3 Å². The Balaban J connectivity index is 1.50. The number of imide groups is 2. The highest BCUT2D eigenvalue weighted by molar-refractivity contribution is 8.00. The summed E-state index contributed by atoms with van der Waals surface area (Å²) in [5.74, 6) is -2.07. The first kappa shape index (κ1) is 20.5. The van der Waals surface area contributed by atoms with Crippen LogP contribution < -0.4 is 11.1 Å². The molecule has 3 N–H and O–H groups in total. The molecule has 3 aliphatic heterocycles. The van der Waals surface area contributed by atoms with Gasteiger partial charge in [0.05, 0.1) is 16.9 Å². The molecule has 2 saturated heterocycles. The number of nitrogens with two attached hydrogens (primary N) is 1. The monoisotopic (exact) mass is 430 g/mol. The maximum Gasteiger partial charge on any atom is 0.263 e. The molecular weight excluding hydrogens is 408 g/mol. The van der Waals surface area contributed by atoms with Gasteiger partial charge < -0.3 is 10.6 Å². The summed E-state index contributed by atoms with van der Waals surface area (Å²) < 4.78 is 0. The fourth-order valence-electron chi connectivity index (χ4n) is 3.98. The van der Waals surface area contributed by atoms with Crippen LogP contribution in [-0.2, 0) is 14.4 Å². The third-order valence-corrected chi connectivity index (χ3v) is 6.72. The number of nitrogens with one attached hydrogen (secondary N) is 1. The molecule has 0 aliphatic carbocycles. The average molecular weight is 430 g/mol. The molecule has 3 aliphatic rings. The van der Waals surface area contributed by atoms with Crippen LogP contribution in [0.5, 0.6) is 0 Å². The van der Waals surface area contributed by atoms with E-state index in [1.165, 1.54) is 11.8 Å². The topological polar surface area (TPSA) is 130 Å². The summed E-state index contributed by atoms with van der Waals surface area (Å²) in [6.45, 7) is 1.24. The number of amides is 5. The van der Waals surface area contributed by atoms with Gasteiger partial charge in [-0.05, 0) is 31.4 Å². The number of hydrogen-bond acceptors (Lipinski definition) is 7. The molecule has 1 atom stereocenters. The van der Waals surface area contributed by atoms with Crippen LogP contribution in [0.2, 0.25) is 0 Å². The van der Waals surface area contributed by atoms with Crippen molar-refractivity contribution in [2.45, 2.75) is 42.7 Å². The molecule has 2 fully saturated rings. The first-order chi connectivity index (χ1) is 14.4. The summed E-state index contributed by atoms with van der Waals surface area (Å²) in [5.41, 5.74) is 6.31. The lowest BCUT2D eigenvalue weighted by Gasteiger charge is -2.30. The minimum absolute atomic E-state index is 0.0386. The first-order valence-corrected chi connectivity index (χ1v) is 10.9. The highest BCUT2D eigenvalue weighted by Crippen LogP contribution is 2.34. The molecule has 1 aromatic rings. The molecule has 1 unspecified atom stereocenters. The van der Waals surface area contributed by atoms with Crippen LogP contribution >= 0.6 is 11.8 Å². The summed E-state index contributed by atoms with van der Waals surface area (Å²) >= 11 is 1.21. The highest BCUT2D eigenvalue weighted by Gasteiger charge is 2.45. The fourth-order valence-corrected chi connectivity index (χ4v) is 4.96. The standard InChI is InChI=1S/C20H22N4O5S/c21-11-6-8-23(9-7-11)16(26)10-30-14-3-1-2-12-17(14)20(29)24(19(12)28)13-4-5-15(25)22-18(13)27/h1-3,11,13H,4-10,21H2,(H,22,25,27). The molecule has 10 heteroatoms. The van der Waals surface area contributed by atoms with Crippen molar-refractivity contribution < 1.29 is 24.0 Å². The Kier molecular flexibility index (Phi) is 5.61. The van der Waals surface area contributed by atoms with Crippen molar-refractivity contribution in [3.63, 3.8) is 0 Å². The van der Waals surface area contributed by atoms with E-state index in [2.05, 4.69) is 5.32 Å². The third-order valence-electron chi connectivity index (χ3n) is 5.67. The lowest BCUT2D eigenvalue weighted by Crippen LogP contribution is -2.54. The van der Waals surface area contributed by atoms with Gasteiger partial charge in [0, 0.05) is 30.4 Å². The van der Waals surface area contributed by atoms with Gasteiger partial charge in [0.25, 0.3) is 11.8 Å². The molecule has 5 amide bonds. The number of rotatable bonds is 4. The molecule has 0 saturated carbocycles. The molecule has 3 heterocycles. The van der Waals surface area contributed by atoms with E-state index >= 15 is 0 Å². The van der Waals surface area contributed by atoms with Crippen molar-refractivity contribution in [2.75, 3.05) is 18.8 Å². The van der Waals surface area contributed by atoms with Crippen LogP contribution in [0.25, 0.3) is 0 Å². The molecule has 0 radical (unpaired) electrons. The summed E-state index contributed by atoms with van der Waals surface area (Å²) in [6, 6.07) is 4.01. The number of likely N-dealkylation sites (tertiary alicyclic amines) is 1. The van der Waals surface area contributed by atoms with Crippen LogP contribution in [0.4, 0.5) is 0 Å². The molecule has 1 aromatic carbocycles. The molecule has 9 nitrogen and oxygen atoms in total. The zero-order valence-corrected chi connectivity index (χ0v) is 17.1. The van der Waals surface area contributed by atoms with Crippen molar-refractivity contribution in [1.82, 2.24) is 15.1 Å². The van der Waals surface area contributed by atoms with Gasteiger partial charge in [-0.2, -0.15) is 0 Å². The second-order valence-corrected chi connectivity index (χ2v) is 8.65. The van der Waals surface area contributed by atoms with Crippen molar-refractivity contribution in [3.05, 3.63) is 29.3 Å². The van der Waals surface area contributed by atoms with E-state index in [4.69, 9.17) is 5.73 Å². The van der Waals surface area contributed by atoms with Gasteiger partial charge in [-0.1, -0.05) is 6.07 Å². The molecule has 4 rings (SSSR count). The summed E-state index contributed by atoms with van der Waals surface area (Å²) in [4.78, 5) is 65.2. The number of nitrogens with zero attached hydrogens (tertiary/aromatic N) is 2. The summed E-state index contributed by atoms with van der Waals surface area (Å²) in [7, 11) is 0. The lowest BCUT2D eigenvalue weighted by atomic mass is 10.0. The largest absolute Gasteiger partial charge is 0.342 e. The zero-order valence-electron chi connectivity index (χ0n) is 16.3. The maximum atomic E-state index is 13.1. The Labute approximate surface area is 177 Å². The molecular formula is C20H22N4O5S. The highest BCUT2D eigenvalue weighted by atomic mass is 32.2. The van der Waals surface area contributed by atoms with Crippen molar-refractivity contribution in [1.29, 1.82) is 0 Å². The Bertz CT molecular complexity index is 941. The fraction of sp³-hybridized carbons (Fsp3) is 0.450. The number of thioether (sulfide) groups is 1. The van der Waals surface area contributed by atoms with Gasteiger partial charge in [0.2, 0.25) is 17.7 Å². The van der Waals surface area contributed by atoms with Gasteiger partial charge >= 0.3 is 0 Å². The lowest BCUT2D eigenvalue weighted by molar-refractivity contribution is -0.136. The SMILES string of the molecule is NC1CCN(C(=O)CSc2cccc3c2C(=O)N(C2CCC(=O)NC2=O)C3=O)CC1. The summed E-state index contributed by atoms with van der Waals surface area (Å²) in [5, 5.41) is 2.18. The molecule has 0 aromatic heterocycles. The van der Waals surface area contributed by atoms with Gasteiger partial charge in [0.15, 0.2) is 0 Å². The average Bonchev–Trinajstić information content (AvgIpc) is 2.98. The van der Waals surface area contributed by atoms with Gasteiger partial charge in [-0.3, -0.25) is 34.2 Å². The van der Waals surface area contributed by atoms with Crippen molar-refractivity contribution in [3.8, 4) is 0 Å². The van der Waals surface area contributed by atoms with Gasteiger partial charge in [0.1, 0.15) is 6.04 Å². The maximum absolute atomic E-state index is 13.1. The van der Waals surface area contributed by atoms with E-state index in [1.54, 1.807) is 23.1 Å². The third kappa shape index (κ3) is 3.72. The number of fused-ring (bicyclic) bond motifs is 1. The number of carbonyl (C=O) groups excluding carboxylic acids is 5. The van der Waals surface area contributed by atoms with Crippen LogP contribution in [0.15, 0.2) is 23.1 Å². The van der Waals surface area contributed by atoms with Crippen LogP contribution in [0.3, 0.4) is 0 Å². The van der Waals surface area contributed by atoms with Crippen LogP contribution in [0.1, 0.15) is 46.4 Å². The quantitative estimate of drug-likeness (QED) is 0.513. The van der Waals surface area contributed by atoms with E-state index in [1.807, 2.05) is 0 Å². The number of carbonyl (C=O) groups is 5. The Morgan fingerprint density at radius 3 is 2.53 bits per heavy atom. The Hall–Kier alpha value is -2.72. The van der Waals surface area contributed by atoms with E-state index in [-0.39, 0.29) is 41.7 Å². The number of hydrogen-bond donors (Lipinski definition) is 2. The predicted molar refractivity (Wildman–Crippen MR) is 108 cm³/mol. The number of piperidine rings is 2. The van der Waals surface area contributed by atoms with Gasteiger partial charge in [-0.25, -0.2) is 0 Å². The van der Waals surface area contributed by atoms with E-state index in [9.17, 15) is 24.0 Å². The molecule has 158 valence electrons. The van der Waals surface area contributed by atoms with Crippen LogP contribution in [0, 0.1) is 0 Å². The van der Waals surface area contributed by atoms with E-state index < -0.39 is 29.7 Å². The minimum Gasteiger partial charge on any atom is -0.342 e. The van der Waals surface area contributed by atoms with E-state index in [0.717, 1.165) is 17.7 Å². The second-order valence-electron chi connectivity index (χ2n) is 7.63. The first-order valence-electron chi connectivity index (χ1n) is 9.87. The van der Waals surface area contributed by atoms with E-state index in [0.29, 0.717) is 18.0 Å². The molecule has 0 bridgehead atoms. The zero-order chi connectivity index (χ0) is 21.4. The normalized spacial score (nSPS) is 22.4. The smallest absolute Gasteiger partial charge is 0.263 e. The second kappa shape index (κ2) is 8.19.